The smallest absolute Gasteiger partial charge is 0.0546 e. The Morgan fingerprint density at radius 3 is 1.55 bits per heavy atom. The molecule has 2 nitrogen and oxygen atoms in total. The molecule has 266 valence electrons. The molecule has 0 aromatic heterocycles. The zero-order valence-electron chi connectivity index (χ0n) is 31.1. The van der Waals surface area contributed by atoms with Gasteiger partial charge in [0.2, 0.25) is 0 Å². The Morgan fingerprint density at radius 1 is 0.429 bits per heavy atom. The molecule has 0 aliphatic heterocycles. The SMILES string of the molecule is C=CC=C(C=C1Cc2ccc(N(c3ccccc3)c3cc4ccccc4c4ccccc34)cc2C1)N(c1ccccc1)c1cc2ccccc2c2ccccc12. The highest BCUT2D eigenvalue weighted by Gasteiger charge is 2.23. The fourth-order valence-corrected chi connectivity index (χ4v) is 8.71. The van der Waals surface area contributed by atoms with E-state index in [0.29, 0.717) is 0 Å². The molecule has 0 unspecified atom stereocenters. The van der Waals surface area contributed by atoms with E-state index in [9.17, 15) is 0 Å². The van der Waals surface area contributed by atoms with Gasteiger partial charge in [0.25, 0.3) is 0 Å². The summed E-state index contributed by atoms with van der Waals surface area (Å²) in [6.45, 7) is 4.19. The van der Waals surface area contributed by atoms with Crippen molar-refractivity contribution in [3.05, 3.63) is 235 Å². The number of anilines is 5. The molecule has 0 radical (unpaired) electrons. The van der Waals surface area contributed by atoms with Crippen LogP contribution in [0.15, 0.2) is 224 Å². The van der Waals surface area contributed by atoms with Crippen LogP contribution in [0.1, 0.15) is 11.1 Å². The molecular weight excluding hydrogens is 677 g/mol. The lowest BCUT2D eigenvalue weighted by molar-refractivity contribution is 1.13. The van der Waals surface area contributed by atoms with Gasteiger partial charge in [-0.1, -0.05) is 158 Å². The van der Waals surface area contributed by atoms with Gasteiger partial charge in [-0.15, -0.1) is 0 Å². The van der Waals surface area contributed by atoms with Crippen molar-refractivity contribution in [2.45, 2.75) is 12.8 Å². The maximum Gasteiger partial charge on any atom is 0.0546 e. The quantitative estimate of drug-likeness (QED) is 0.114. The van der Waals surface area contributed by atoms with Crippen LogP contribution in [-0.4, -0.2) is 0 Å². The first kappa shape index (κ1) is 33.4. The first-order valence-electron chi connectivity index (χ1n) is 19.4. The van der Waals surface area contributed by atoms with Gasteiger partial charge in [-0.25, -0.2) is 0 Å². The lowest BCUT2D eigenvalue weighted by atomic mass is 9.98. The molecule has 0 N–H and O–H groups in total. The summed E-state index contributed by atoms with van der Waals surface area (Å²) in [6.07, 6.45) is 8.23. The highest BCUT2D eigenvalue weighted by atomic mass is 15.2. The van der Waals surface area contributed by atoms with E-state index in [0.717, 1.165) is 41.3 Å². The second-order valence-corrected chi connectivity index (χ2v) is 14.6. The molecule has 56 heavy (non-hydrogen) atoms. The van der Waals surface area contributed by atoms with Crippen LogP contribution in [0, 0.1) is 0 Å². The number of fused-ring (bicyclic) bond motifs is 7. The monoisotopic (exact) mass is 716 g/mol. The predicted octanol–water partition coefficient (Wildman–Crippen LogP) is 14.7. The Morgan fingerprint density at radius 2 is 0.929 bits per heavy atom. The van der Waals surface area contributed by atoms with Crippen molar-refractivity contribution in [3.8, 4) is 0 Å². The average Bonchev–Trinajstić information content (AvgIpc) is 3.66. The normalized spacial score (nSPS) is 13.4. The summed E-state index contributed by atoms with van der Waals surface area (Å²) < 4.78 is 0. The Balaban J connectivity index is 1.08. The Bertz CT molecular complexity index is 2990. The van der Waals surface area contributed by atoms with Crippen LogP contribution in [0.25, 0.3) is 43.1 Å². The Hall–Kier alpha value is -7.16. The second kappa shape index (κ2) is 14.2. The highest BCUT2D eigenvalue weighted by molar-refractivity contribution is 6.15. The van der Waals surface area contributed by atoms with E-state index in [1.165, 1.54) is 65.5 Å². The number of benzene rings is 9. The molecule has 0 bridgehead atoms. The first-order valence-corrected chi connectivity index (χ1v) is 19.4. The third-order valence-corrected chi connectivity index (χ3v) is 11.2. The zero-order chi connectivity index (χ0) is 37.4. The van der Waals surface area contributed by atoms with Crippen LogP contribution >= 0.6 is 0 Å². The maximum absolute atomic E-state index is 4.19. The number of rotatable bonds is 8. The zero-order valence-corrected chi connectivity index (χ0v) is 31.1. The minimum Gasteiger partial charge on any atom is -0.310 e. The van der Waals surface area contributed by atoms with Gasteiger partial charge in [-0.05, 0) is 117 Å². The summed E-state index contributed by atoms with van der Waals surface area (Å²) in [7, 11) is 0. The minimum atomic E-state index is 0.875. The fourth-order valence-electron chi connectivity index (χ4n) is 8.71. The number of allylic oxidation sites excluding steroid dienone is 4. The number of hydrogen-bond donors (Lipinski definition) is 0. The van der Waals surface area contributed by atoms with Crippen LogP contribution in [0.2, 0.25) is 0 Å². The molecule has 9 aromatic rings. The Labute approximate surface area is 328 Å². The van der Waals surface area contributed by atoms with Gasteiger partial charge in [0.1, 0.15) is 0 Å². The molecule has 9 aromatic carbocycles. The fraction of sp³-hybridized carbons (Fsp3) is 0.0370. The average molecular weight is 717 g/mol. The summed E-state index contributed by atoms with van der Waals surface area (Å²) >= 11 is 0. The van der Waals surface area contributed by atoms with Crippen molar-refractivity contribution < 1.29 is 0 Å². The number of hydrogen-bond acceptors (Lipinski definition) is 2. The van der Waals surface area contributed by atoms with Crippen LogP contribution < -0.4 is 9.80 Å². The van der Waals surface area contributed by atoms with E-state index >= 15 is 0 Å². The van der Waals surface area contributed by atoms with Crippen molar-refractivity contribution in [2.24, 2.45) is 0 Å². The molecule has 1 aliphatic rings. The number of para-hydroxylation sites is 2. The topological polar surface area (TPSA) is 6.48 Å². The van der Waals surface area contributed by atoms with E-state index in [1.807, 2.05) is 6.08 Å². The molecule has 0 saturated heterocycles. The van der Waals surface area contributed by atoms with Gasteiger partial charge in [0.15, 0.2) is 0 Å². The summed E-state index contributed by atoms with van der Waals surface area (Å²) in [6, 6.07) is 68.2. The van der Waals surface area contributed by atoms with Crippen LogP contribution in [0.5, 0.6) is 0 Å². The van der Waals surface area contributed by atoms with Gasteiger partial charge in [-0.3, -0.25) is 0 Å². The summed E-state index contributed by atoms with van der Waals surface area (Å²) in [5, 5.41) is 9.94. The molecule has 10 rings (SSSR count). The van der Waals surface area contributed by atoms with Gasteiger partial charge in [0, 0.05) is 33.5 Å². The van der Waals surface area contributed by atoms with Gasteiger partial charge >= 0.3 is 0 Å². The molecule has 0 fully saturated rings. The van der Waals surface area contributed by atoms with Crippen molar-refractivity contribution >= 4 is 71.5 Å². The minimum absolute atomic E-state index is 0.875. The second-order valence-electron chi connectivity index (χ2n) is 14.6. The largest absolute Gasteiger partial charge is 0.310 e. The predicted molar refractivity (Wildman–Crippen MR) is 240 cm³/mol. The molecule has 0 heterocycles. The van der Waals surface area contributed by atoms with E-state index in [-0.39, 0.29) is 0 Å². The summed E-state index contributed by atoms with van der Waals surface area (Å²) in [4.78, 5) is 4.83. The summed E-state index contributed by atoms with van der Waals surface area (Å²) in [5.41, 5.74) is 10.9. The Kier molecular flexibility index (Phi) is 8.50. The maximum atomic E-state index is 4.19. The molecule has 0 amide bonds. The van der Waals surface area contributed by atoms with Crippen molar-refractivity contribution in [3.63, 3.8) is 0 Å². The highest BCUT2D eigenvalue weighted by Crippen LogP contribution is 2.44. The molecule has 0 spiro atoms. The van der Waals surface area contributed by atoms with E-state index < -0.39 is 0 Å². The van der Waals surface area contributed by atoms with Gasteiger partial charge in [0.05, 0.1) is 11.4 Å². The summed E-state index contributed by atoms with van der Waals surface area (Å²) in [5.74, 6) is 0. The van der Waals surface area contributed by atoms with Crippen LogP contribution in [0.4, 0.5) is 28.4 Å². The molecule has 1 aliphatic carbocycles. The first-order chi connectivity index (χ1) is 27.7. The van der Waals surface area contributed by atoms with Crippen molar-refractivity contribution in [2.75, 3.05) is 9.80 Å². The molecule has 2 heteroatoms. The van der Waals surface area contributed by atoms with Gasteiger partial charge < -0.3 is 9.80 Å². The van der Waals surface area contributed by atoms with Crippen molar-refractivity contribution in [1.29, 1.82) is 0 Å². The molecule has 0 saturated carbocycles. The lowest BCUT2D eigenvalue weighted by Crippen LogP contribution is -2.16. The van der Waals surface area contributed by atoms with Crippen LogP contribution in [-0.2, 0) is 12.8 Å². The third-order valence-electron chi connectivity index (χ3n) is 11.2. The van der Waals surface area contributed by atoms with E-state index in [4.69, 9.17) is 0 Å². The number of nitrogens with zero attached hydrogens (tertiary/aromatic N) is 2. The van der Waals surface area contributed by atoms with Crippen molar-refractivity contribution in [1.82, 2.24) is 0 Å². The van der Waals surface area contributed by atoms with E-state index in [1.54, 1.807) is 0 Å². The molecular formula is C54H40N2. The van der Waals surface area contributed by atoms with Gasteiger partial charge in [-0.2, -0.15) is 0 Å². The lowest BCUT2D eigenvalue weighted by Gasteiger charge is -2.28. The third kappa shape index (κ3) is 5.93. The van der Waals surface area contributed by atoms with E-state index in [2.05, 4.69) is 217 Å². The standard InChI is InChI=1S/C54H40N2/c1-2-17-45(55(43-20-5-3-6-21-43)53-36-40-18-9-11-24-47(40)49-26-13-15-28-51(49)53)34-38-32-39-30-31-46(35-42(39)33-38)56(44-22-7-4-8-23-44)54-37-41-19-10-12-25-48(41)50-27-14-16-29-52(50)54/h2-31,34-37H,1,32-33H2. The van der Waals surface area contributed by atoms with Crippen LogP contribution in [0.3, 0.4) is 0 Å². The molecule has 0 atom stereocenters.